The topological polar surface area (TPSA) is 87.3 Å². The molecular weight excluding hydrogens is 479 g/mol. The number of anilines is 1. The van der Waals surface area contributed by atoms with Crippen molar-refractivity contribution in [3.05, 3.63) is 95.6 Å². The van der Waals surface area contributed by atoms with Gasteiger partial charge in [-0.3, -0.25) is 4.79 Å². The maximum Gasteiger partial charge on any atom is 0.418 e. The maximum absolute atomic E-state index is 14.0. The molecule has 2 atom stereocenters. The predicted octanol–water partition coefficient (Wildman–Crippen LogP) is 5.96. The number of hydrogen-bond acceptors (Lipinski definition) is 6. The van der Waals surface area contributed by atoms with Crippen LogP contribution in [0.25, 0.3) is 11.0 Å². The SMILES string of the molecule is CCSNc1ccc2nc([C@@]3(Cc4ccccc4)OC(=O)N([C@H](C)c4ccc(F)cc4)C3=O)[nH]c2c1. The van der Waals surface area contributed by atoms with Crippen LogP contribution in [-0.4, -0.2) is 32.6 Å². The van der Waals surface area contributed by atoms with Gasteiger partial charge in [-0.1, -0.05) is 61.3 Å². The Hall–Kier alpha value is -3.85. The summed E-state index contributed by atoms with van der Waals surface area (Å²) in [7, 11) is 0. The lowest BCUT2D eigenvalue weighted by Gasteiger charge is -2.25. The number of carbonyl (C=O) groups is 2. The van der Waals surface area contributed by atoms with E-state index < -0.39 is 29.5 Å². The summed E-state index contributed by atoms with van der Waals surface area (Å²) in [6, 6.07) is 20.1. The van der Waals surface area contributed by atoms with E-state index in [0.29, 0.717) is 16.6 Å². The summed E-state index contributed by atoms with van der Waals surface area (Å²) in [5, 5.41) is 0. The van der Waals surface area contributed by atoms with Gasteiger partial charge < -0.3 is 14.4 Å². The number of cyclic esters (lactones) is 1. The average Bonchev–Trinajstić information content (AvgIpc) is 3.42. The second-order valence-electron chi connectivity index (χ2n) is 8.61. The Morgan fingerprint density at radius 3 is 2.58 bits per heavy atom. The van der Waals surface area contributed by atoms with Crippen LogP contribution in [0.2, 0.25) is 0 Å². The third kappa shape index (κ3) is 4.30. The van der Waals surface area contributed by atoms with Gasteiger partial charge in [-0.15, -0.1) is 0 Å². The molecule has 2 amide bonds. The number of halogens is 1. The molecule has 3 aromatic carbocycles. The van der Waals surface area contributed by atoms with Crippen molar-refractivity contribution in [3.63, 3.8) is 0 Å². The summed E-state index contributed by atoms with van der Waals surface area (Å²) in [5.41, 5.74) is 2.02. The van der Waals surface area contributed by atoms with Crippen LogP contribution >= 0.6 is 11.9 Å². The van der Waals surface area contributed by atoms with Gasteiger partial charge in [0.15, 0.2) is 5.82 Å². The highest BCUT2D eigenvalue weighted by molar-refractivity contribution is 8.00. The van der Waals surface area contributed by atoms with Crippen molar-refractivity contribution in [1.29, 1.82) is 0 Å². The van der Waals surface area contributed by atoms with E-state index in [2.05, 4.69) is 21.6 Å². The number of benzene rings is 3. The fraction of sp³-hybridized carbons (Fsp3) is 0.222. The molecule has 0 unspecified atom stereocenters. The van der Waals surface area contributed by atoms with E-state index in [0.717, 1.165) is 21.9 Å². The summed E-state index contributed by atoms with van der Waals surface area (Å²) < 4.78 is 22.6. The highest BCUT2D eigenvalue weighted by atomic mass is 32.2. The molecule has 1 aromatic heterocycles. The molecule has 36 heavy (non-hydrogen) atoms. The van der Waals surface area contributed by atoms with Crippen LogP contribution < -0.4 is 4.72 Å². The predicted molar refractivity (Wildman–Crippen MR) is 138 cm³/mol. The Morgan fingerprint density at radius 2 is 1.86 bits per heavy atom. The Morgan fingerprint density at radius 1 is 1.11 bits per heavy atom. The zero-order valence-corrected chi connectivity index (χ0v) is 20.6. The van der Waals surface area contributed by atoms with Crippen molar-refractivity contribution in [2.75, 3.05) is 10.5 Å². The Bertz CT molecular complexity index is 1410. The first-order valence-electron chi connectivity index (χ1n) is 11.7. The normalized spacial score (nSPS) is 18.5. The molecular formula is C27H25FN4O3S. The standard InChI is InChI=1S/C27H25FN4O3S/c1-3-36-31-21-13-14-22-23(15-21)30-24(29-22)27(16-18-7-5-4-6-8-18)25(33)32(26(34)35-27)17(2)19-9-11-20(28)12-10-19/h4-15,17,31H,3,16H2,1-2H3,(H,29,30)/t17-,27-/m1/s1. The molecule has 0 bridgehead atoms. The number of H-pyrrole nitrogens is 1. The molecule has 0 saturated carbocycles. The molecule has 184 valence electrons. The minimum absolute atomic E-state index is 0.113. The summed E-state index contributed by atoms with van der Waals surface area (Å²) in [6.45, 7) is 3.77. The number of rotatable bonds is 8. The number of nitrogens with one attached hydrogen (secondary N) is 2. The fourth-order valence-electron chi connectivity index (χ4n) is 4.39. The second-order valence-corrected chi connectivity index (χ2v) is 9.68. The molecule has 2 heterocycles. The van der Waals surface area contributed by atoms with Crippen molar-refractivity contribution in [3.8, 4) is 0 Å². The lowest BCUT2D eigenvalue weighted by Crippen LogP contribution is -2.42. The van der Waals surface area contributed by atoms with Gasteiger partial charge in [0.05, 0.1) is 17.1 Å². The third-order valence-corrected chi connectivity index (χ3v) is 6.93. The van der Waals surface area contributed by atoms with Gasteiger partial charge in [0.25, 0.3) is 11.5 Å². The van der Waals surface area contributed by atoms with Gasteiger partial charge >= 0.3 is 6.09 Å². The van der Waals surface area contributed by atoms with Gasteiger partial charge in [-0.05, 0) is 48.4 Å². The average molecular weight is 505 g/mol. The zero-order chi connectivity index (χ0) is 25.3. The van der Waals surface area contributed by atoms with Gasteiger partial charge in [0.1, 0.15) is 5.82 Å². The van der Waals surface area contributed by atoms with Crippen molar-refractivity contribution in [2.24, 2.45) is 0 Å². The first kappa shape index (κ1) is 23.9. The minimum Gasteiger partial charge on any atom is -0.424 e. The van der Waals surface area contributed by atoms with Crippen LogP contribution in [0, 0.1) is 5.82 Å². The minimum atomic E-state index is -1.67. The number of carbonyl (C=O) groups excluding carboxylic acids is 2. The molecule has 1 aliphatic heterocycles. The molecule has 7 nitrogen and oxygen atoms in total. The summed E-state index contributed by atoms with van der Waals surface area (Å²) >= 11 is 1.57. The van der Waals surface area contributed by atoms with E-state index in [9.17, 15) is 14.0 Å². The third-order valence-electron chi connectivity index (χ3n) is 6.26. The van der Waals surface area contributed by atoms with Crippen LogP contribution in [0.1, 0.15) is 36.8 Å². The van der Waals surface area contributed by atoms with Crippen molar-refractivity contribution < 1.29 is 18.7 Å². The van der Waals surface area contributed by atoms with Crippen LogP contribution in [0.15, 0.2) is 72.8 Å². The van der Waals surface area contributed by atoms with Gasteiger partial charge in [0.2, 0.25) is 0 Å². The van der Waals surface area contributed by atoms with Gasteiger partial charge in [0, 0.05) is 17.9 Å². The summed E-state index contributed by atoms with van der Waals surface area (Å²) in [6.07, 6.45) is -0.656. The number of imide groups is 1. The number of imidazole rings is 1. The molecule has 9 heteroatoms. The first-order chi connectivity index (χ1) is 17.4. The molecule has 4 aromatic rings. The van der Waals surface area contributed by atoms with Crippen LogP contribution in [-0.2, 0) is 21.6 Å². The first-order valence-corrected chi connectivity index (χ1v) is 12.6. The molecule has 0 aliphatic carbocycles. The van der Waals surface area contributed by atoms with E-state index in [4.69, 9.17) is 4.74 Å². The molecule has 5 rings (SSSR count). The maximum atomic E-state index is 14.0. The molecule has 0 spiro atoms. The molecule has 1 fully saturated rings. The summed E-state index contributed by atoms with van der Waals surface area (Å²) in [5.74, 6) is 0.244. The lowest BCUT2D eigenvalue weighted by atomic mass is 9.92. The second kappa shape index (κ2) is 9.66. The highest BCUT2D eigenvalue weighted by Crippen LogP contribution is 2.41. The number of amides is 2. The van der Waals surface area contributed by atoms with E-state index in [-0.39, 0.29) is 12.2 Å². The quantitative estimate of drug-likeness (QED) is 0.288. The number of fused-ring (bicyclic) bond motifs is 1. The highest BCUT2D eigenvalue weighted by Gasteiger charge is 2.58. The van der Waals surface area contributed by atoms with Gasteiger partial charge in [-0.25, -0.2) is 19.1 Å². The largest absolute Gasteiger partial charge is 0.424 e. The number of aromatic nitrogens is 2. The van der Waals surface area contributed by atoms with E-state index >= 15 is 0 Å². The molecule has 1 aliphatic rings. The van der Waals surface area contributed by atoms with E-state index in [1.807, 2.05) is 48.5 Å². The summed E-state index contributed by atoms with van der Waals surface area (Å²) in [4.78, 5) is 36.2. The monoisotopic (exact) mass is 504 g/mol. The fourth-order valence-corrected chi connectivity index (χ4v) is 4.83. The van der Waals surface area contributed by atoms with Crippen molar-refractivity contribution in [2.45, 2.75) is 31.9 Å². The van der Waals surface area contributed by atoms with Gasteiger partial charge in [-0.2, -0.15) is 0 Å². The Labute approximate surface area is 212 Å². The van der Waals surface area contributed by atoms with E-state index in [1.54, 1.807) is 31.0 Å². The number of hydrogen-bond donors (Lipinski definition) is 2. The van der Waals surface area contributed by atoms with Crippen molar-refractivity contribution >= 4 is 40.7 Å². The zero-order valence-electron chi connectivity index (χ0n) is 19.8. The number of aromatic amines is 1. The molecule has 1 saturated heterocycles. The van der Waals surface area contributed by atoms with Crippen LogP contribution in [0.3, 0.4) is 0 Å². The Kier molecular flexibility index (Phi) is 6.40. The number of nitrogens with zero attached hydrogens (tertiary/aromatic N) is 2. The smallest absolute Gasteiger partial charge is 0.418 e. The van der Waals surface area contributed by atoms with Crippen LogP contribution in [0.5, 0.6) is 0 Å². The Balaban J connectivity index is 1.57. The lowest BCUT2D eigenvalue weighted by molar-refractivity contribution is -0.139. The molecule has 0 radical (unpaired) electrons. The van der Waals surface area contributed by atoms with Crippen LogP contribution in [0.4, 0.5) is 14.9 Å². The van der Waals surface area contributed by atoms with E-state index in [1.165, 1.54) is 12.1 Å². The van der Waals surface area contributed by atoms with Crippen molar-refractivity contribution in [1.82, 2.24) is 14.9 Å². The number of ether oxygens (including phenoxy) is 1. The molecule has 2 N–H and O–H groups in total.